The van der Waals surface area contributed by atoms with E-state index in [0.29, 0.717) is 18.8 Å². The fourth-order valence-corrected chi connectivity index (χ4v) is 4.57. The van der Waals surface area contributed by atoms with Crippen LogP contribution in [0.4, 0.5) is 4.79 Å². The molecule has 8 heteroatoms. The van der Waals surface area contributed by atoms with Crippen LogP contribution in [0.3, 0.4) is 0 Å². The molecule has 37 heavy (non-hydrogen) atoms. The summed E-state index contributed by atoms with van der Waals surface area (Å²) in [4.78, 5) is 41.0. The summed E-state index contributed by atoms with van der Waals surface area (Å²) >= 11 is 0. The number of rotatable bonds is 10. The first-order valence-corrected chi connectivity index (χ1v) is 12.4. The molecule has 4 unspecified atom stereocenters. The molecule has 0 bridgehead atoms. The molecule has 0 aliphatic carbocycles. The van der Waals surface area contributed by atoms with Gasteiger partial charge >= 0.3 is 6.09 Å². The van der Waals surface area contributed by atoms with Crippen LogP contribution in [-0.2, 0) is 30.2 Å². The molecule has 2 amide bonds. The van der Waals surface area contributed by atoms with E-state index >= 15 is 0 Å². The Morgan fingerprint density at radius 3 is 2.43 bits per heavy atom. The zero-order valence-corrected chi connectivity index (χ0v) is 20.7. The fourth-order valence-electron chi connectivity index (χ4n) is 4.57. The third-order valence-corrected chi connectivity index (χ3v) is 6.42. The van der Waals surface area contributed by atoms with Gasteiger partial charge in [0.15, 0.2) is 11.9 Å². The summed E-state index contributed by atoms with van der Waals surface area (Å²) in [6.45, 7) is 2.32. The summed E-state index contributed by atoms with van der Waals surface area (Å²) in [6, 6.07) is 18.0. The summed E-state index contributed by atoms with van der Waals surface area (Å²) in [5.74, 6) is -1.36. The van der Waals surface area contributed by atoms with E-state index in [4.69, 9.17) is 19.3 Å². The Hall–Kier alpha value is -3.75. The molecule has 0 spiro atoms. The monoisotopic (exact) mass is 505 g/mol. The molecule has 1 N–H and O–H groups in total. The zero-order valence-electron chi connectivity index (χ0n) is 20.7. The number of nitrogens with zero attached hydrogens (tertiary/aromatic N) is 1. The van der Waals surface area contributed by atoms with Gasteiger partial charge in [-0.15, -0.1) is 0 Å². The molecule has 1 saturated heterocycles. The molecule has 2 aliphatic heterocycles. The average molecular weight is 506 g/mol. The molecule has 1 fully saturated rings. The van der Waals surface area contributed by atoms with E-state index in [9.17, 15) is 14.4 Å². The van der Waals surface area contributed by atoms with Crippen molar-refractivity contribution in [3.05, 3.63) is 95.8 Å². The van der Waals surface area contributed by atoms with Crippen LogP contribution in [0.2, 0.25) is 0 Å². The summed E-state index contributed by atoms with van der Waals surface area (Å²) in [6.07, 6.45) is 3.02. The van der Waals surface area contributed by atoms with Crippen molar-refractivity contribution in [1.29, 1.82) is 0 Å². The van der Waals surface area contributed by atoms with Gasteiger partial charge in [0.25, 0.3) is 0 Å². The van der Waals surface area contributed by atoms with E-state index in [0.717, 1.165) is 16.0 Å². The van der Waals surface area contributed by atoms with Gasteiger partial charge in [-0.05, 0) is 49.1 Å². The molecule has 0 aromatic heterocycles. The Labute approximate surface area is 216 Å². The lowest BCUT2D eigenvalue weighted by Crippen LogP contribution is -2.48. The Balaban J connectivity index is 1.58. The quantitative estimate of drug-likeness (QED) is 0.491. The van der Waals surface area contributed by atoms with Crippen LogP contribution in [0, 0.1) is 5.92 Å². The number of ether oxygens (including phenoxy) is 3. The lowest BCUT2D eigenvalue weighted by molar-refractivity contribution is -0.143. The first kappa shape index (κ1) is 26.3. The predicted molar refractivity (Wildman–Crippen MR) is 135 cm³/mol. The topological polar surface area (TPSA) is 102 Å². The van der Waals surface area contributed by atoms with Gasteiger partial charge in [-0.3, -0.25) is 9.59 Å². The van der Waals surface area contributed by atoms with Gasteiger partial charge in [0.1, 0.15) is 11.9 Å². The highest BCUT2D eigenvalue weighted by Crippen LogP contribution is 2.35. The molecular weight excluding hydrogens is 474 g/mol. The maximum atomic E-state index is 13.9. The van der Waals surface area contributed by atoms with Crippen LogP contribution in [0.25, 0.3) is 0 Å². The van der Waals surface area contributed by atoms with Crippen LogP contribution < -0.4 is 0 Å². The smallest absolute Gasteiger partial charge is 0.417 e. The largest absolute Gasteiger partial charge is 0.482 e. The Kier molecular flexibility index (Phi) is 8.87. The Morgan fingerprint density at radius 2 is 1.73 bits per heavy atom. The molecule has 0 radical (unpaired) electrons. The van der Waals surface area contributed by atoms with E-state index in [1.165, 1.54) is 6.08 Å². The van der Waals surface area contributed by atoms with Gasteiger partial charge in [-0.2, -0.15) is 0 Å². The van der Waals surface area contributed by atoms with Crippen molar-refractivity contribution in [3.8, 4) is 0 Å². The number of hydrogen-bond acceptors (Lipinski definition) is 7. The highest BCUT2D eigenvalue weighted by atomic mass is 16.6. The summed E-state index contributed by atoms with van der Waals surface area (Å²) in [7, 11) is 0. The fraction of sp³-hybridized carbons (Fsp3) is 0.345. The van der Waals surface area contributed by atoms with Gasteiger partial charge < -0.3 is 19.3 Å². The SMILES string of the molecule is CC1C(c2ccccc2)OC(=O)N1C(=O)C(Cc1ccccc1)C1OC(=CCCOCCO)C=CC1=O. The van der Waals surface area contributed by atoms with Crippen LogP contribution >= 0.6 is 0 Å². The molecule has 2 heterocycles. The van der Waals surface area contributed by atoms with E-state index in [2.05, 4.69) is 0 Å². The number of ketones is 1. The third kappa shape index (κ3) is 6.34. The molecular formula is C29H31NO7. The zero-order chi connectivity index (χ0) is 26.2. The number of hydrogen-bond donors (Lipinski definition) is 1. The van der Waals surface area contributed by atoms with Crippen molar-refractivity contribution in [2.24, 2.45) is 5.92 Å². The number of amides is 2. The van der Waals surface area contributed by atoms with Crippen LogP contribution in [0.1, 0.15) is 30.6 Å². The van der Waals surface area contributed by atoms with Crippen molar-refractivity contribution in [2.45, 2.75) is 38.0 Å². The Bertz CT molecular complexity index is 1150. The molecule has 0 saturated carbocycles. The standard InChI is InChI=1S/C29H31NO7/c1-20-26(22-11-6-3-7-12-22)37-29(34)30(20)28(33)24(19-21-9-4-2-5-10-21)27-25(32)15-14-23(36-27)13-8-17-35-18-16-31/h2-7,9-15,20,24,26-27,31H,8,16-19H2,1H3. The maximum absolute atomic E-state index is 13.9. The van der Waals surface area contributed by atoms with Crippen LogP contribution in [0.15, 0.2) is 84.7 Å². The highest BCUT2D eigenvalue weighted by molar-refractivity contribution is 6.02. The Morgan fingerprint density at radius 1 is 1.03 bits per heavy atom. The minimum Gasteiger partial charge on any atom is -0.482 e. The number of carbonyl (C=O) groups is 3. The van der Waals surface area contributed by atoms with E-state index in [1.54, 1.807) is 19.1 Å². The molecule has 2 aromatic carbocycles. The van der Waals surface area contributed by atoms with E-state index in [-0.39, 0.29) is 25.4 Å². The number of aliphatic hydroxyl groups is 1. The second-order valence-corrected chi connectivity index (χ2v) is 8.97. The van der Waals surface area contributed by atoms with Gasteiger partial charge in [-0.25, -0.2) is 9.69 Å². The van der Waals surface area contributed by atoms with Crippen molar-refractivity contribution in [2.75, 3.05) is 19.8 Å². The molecule has 2 aliphatic rings. The number of carbonyl (C=O) groups excluding carboxylic acids is 3. The molecule has 4 rings (SSSR count). The number of cyclic esters (lactones) is 1. The summed E-state index contributed by atoms with van der Waals surface area (Å²) in [5.41, 5.74) is 1.63. The highest BCUT2D eigenvalue weighted by Gasteiger charge is 2.48. The number of allylic oxidation sites excluding steroid dienone is 1. The van der Waals surface area contributed by atoms with Crippen molar-refractivity contribution < 1.29 is 33.7 Å². The third-order valence-electron chi connectivity index (χ3n) is 6.42. The van der Waals surface area contributed by atoms with Crippen molar-refractivity contribution in [3.63, 3.8) is 0 Å². The van der Waals surface area contributed by atoms with Crippen LogP contribution in [-0.4, -0.2) is 59.8 Å². The molecule has 8 nitrogen and oxygen atoms in total. The summed E-state index contributed by atoms with van der Waals surface area (Å²) in [5, 5.41) is 8.84. The number of benzene rings is 2. The van der Waals surface area contributed by atoms with E-state index < -0.39 is 36.2 Å². The first-order valence-electron chi connectivity index (χ1n) is 12.4. The molecule has 194 valence electrons. The summed E-state index contributed by atoms with van der Waals surface area (Å²) < 4.78 is 16.9. The lowest BCUT2D eigenvalue weighted by Gasteiger charge is -2.31. The van der Waals surface area contributed by atoms with Crippen molar-refractivity contribution >= 4 is 17.8 Å². The van der Waals surface area contributed by atoms with E-state index in [1.807, 2.05) is 60.7 Å². The minimum absolute atomic E-state index is 0.0602. The van der Waals surface area contributed by atoms with Gasteiger partial charge in [-0.1, -0.05) is 60.7 Å². The minimum atomic E-state index is -1.10. The van der Waals surface area contributed by atoms with Gasteiger partial charge in [0.2, 0.25) is 5.91 Å². The first-order chi connectivity index (χ1) is 18.0. The van der Waals surface area contributed by atoms with Gasteiger partial charge in [0.05, 0.1) is 31.8 Å². The average Bonchev–Trinajstić information content (AvgIpc) is 3.22. The maximum Gasteiger partial charge on any atom is 0.417 e. The molecule has 2 aromatic rings. The number of imide groups is 1. The second-order valence-electron chi connectivity index (χ2n) is 8.97. The number of aliphatic hydroxyl groups excluding tert-OH is 1. The van der Waals surface area contributed by atoms with Gasteiger partial charge in [0, 0.05) is 0 Å². The van der Waals surface area contributed by atoms with Crippen LogP contribution in [0.5, 0.6) is 0 Å². The predicted octanol–water partition coefficient (Wildman–Crippen LogP) is 3.76. The lowest BCUT2D eigenvalue weighted by atomic mass is 9.88. The van der Waals surface area contributed by atoms with Crippen molar-refractivity contribution in [1.82, 2.24) is 4.90 Å². The molecule has 4 atom stereocenters. The second kappa shape index (κ2) is 12.5. The normalized spacial score (nSPS) is 23.1.